The summed E-state index contributed by atoms with van der Waals surface area (Å²) in [5.74, 6) is 0.107. The van der Waals surface area contributed by atoms with Crippen molar-refractivity contribution < 1.29 is 27.2 Å². The lowest BCUT2D eigenvalue weighted by molar-refractivity contribution is -0.140. The van der Waals surface area contributed by atoms with E-state index in [9.17, 15) is 18.0 Å². The molecule has 1 aromatic heterocycles. The van der Waals surface area contributed by atoms with Gasteiger partial charge in [-0.3, -0.25) is 4.79 Å². The van der Waals surface area contributed by atoms with Crippen molar-refractivity contribution >= 4 is 5.91 Å². The number of morpholine rings is 1. The zero-order valence-electron chi connectivity index (χ0n) is 12.8. The minimum absolute atomic E-state index is 0.0256. The van der Waals surface area contributed by atoms with Gasteiger partial charge < -0.3 is 14.2 Å². The highest BCUT2D eigenvalue weighted by Crippen LogP contribution is 2.36. The fraction of sp³-hybridized carbons (Fsp3) is 0.375. The molecule has 1 aliphatic rings. The van der Waals surface area contributed by atoms with Gasteiger partial charge in [-0.15, -0.1) is 0 Å². The van der Waals surface area contributed by atoms with Gasteiger partial charge in [-0.2, -0.15) is 13.2 Å². The molecule has 1 unspecified atom stereocenters. The molecule has 0 N–H and O–H groups in total. The van der Waals surface area contributed by atoms with E-state index < -0.39 is 17.8 Å². The van der Waals surface area contributed by atoms with Gasteiger partial charge in [-0.25, -0.2) is 0 Å². The Labute approximate surface area is 136 Å². The van der Waals surface area contributed by atoms with Crippen molar-refractivity contribution in [3.05, 3.63) is 52.9 Å². The highest BCUT2D eigenvalue weighted by atomic mass is 19.4. The molecule has 128 valence electrons. The summed E-state index contributed by atoms with van der Waals surface area (Å²) in [5, 5.41) is 3.66. The van der Waals surface area contributed by atoms with Gasteiger partial charge in [0.2, 0.25) is 0 Å². The SMILES string of the molecule is Cc1cc(C(=O)N2CCOC(c3ccccc3C(F)(F)F)C2)no1. The van der Waals surface area contributed by atoms with Gasteiger partial charge in [-0.1, -0.05) is 23.4 Å². The normalized spacial score (nSPS) is 18.7. The number of carbonyl (C=O) groups is 1. The van der Waals surface area contributed by atoms with Crippen LogP contribution in [0.25, 0.3) is 0 Å². The Bertz CT molecular complexity index is 742. The molecule has 0 bridgehead atoms. The van der Waals surface area contributed by atoms with E-state index in [4.69, 9.17) is 9.26 Å². The minimum atomic E-state index is -4.48. The van der Waals surface area contributed by atoms with Gasteiger partial charge in [0, 0.05) is 12.6 Å². The Morgan fingerprint density at radius 1 is 1.33 bits per heavy atom. The molecule has 24 heavy (non-hydrogen) atoms. The van der Waals surface area contributed by atoms with E-state index in [1.807, 2.05) is 0 Å². The van der Waals surface area contributed by atoms with Crippen molar-refractivity contribution in [1.82, 2.24) is 10.1 Å². The van der Waals surface area contributed by atoms with E-state index in [1.54, 1.807) is 6.92 Å². The van der Waals surface area contributed by atoms with E-state index >= 15 is 0 Å². The number of rotatable bonds is 2. The molecule has 5 nitrogen and oxygen atoms in total. The zero-order valence-corrected chi connectivity index (χ0v) is 12.8. The predicted octanol–water partition coefficient (Wildman–Crippen LogP) is 3.22. The van der Waals surface area contributed by atoms with Crippen molar-refractivity contribution in [2.24, 2.45) is 0 Å². The van der Waals surface area contributed by atoms with Crippen LogP contribution in [0.3, 0.4) is 0 Å². The molecule has 3 rings (SSSR count). The number of nitrogens with zero attached hydrogens (tertiary/aromatic N) is 2. The van der Waals surface area contributed by atoms with Crippen LogP contribution in [0.1, 0.15) is 33.5 Å². The molecule has 0 radical (unpaired) electrons. The van der Waals surface area contributed by atoms with E-state index in [0.29, 0.717) is 5.76 Å². The molecule has 8 heteroatoms. The second-order valence-electron chi connectivity index (χ2n) is 5.52. The number of hydrogen-bond donors (Lipinski definition) is 0. The van der Waals surface area contributed by atoms with Crippen LogP contribution in [-0.2, 0) is 10.9 Å². The lowest BCUT2D eigenvalue weighted by Crippen LogP contribution is -2.42. The Morgan fingerprint density at radius 2 is 2.08 bits per heavy atom. The fourth-order valence-electron chi connectivity index (χ4n) is 2.69. The molecular formula is C16H15F3N2O3. The first-order valence-electron chi connectivity index (χ1n) is 7.36. The van der Waals surface area contributed by atoms with Crippen LogP contribution in [0, 0.1) is 6.92 Å². The van der Waals surface area contributed by atoms with Gasteiger partial charge in [0.25, 0.3) is 5.91 Å². The molecule has 1 aliphatic heterocycles. The first-order valence-corrected chi connectivity index (χ1v) is 7.36. The molecule has 1 atom stereocenters. The first kappa shape index (κ1) is 16.5. The summed E-state index contributed by atoms with van der Waals surface area (Å²) in [6.07, 6.45) is -5.32. The Balaban J connectivity index is 1.83. The number of alkyl halides is 3. The molecule has 2 aromatic rings. The molecule has 0 spiro atoms. The van der Waals surface area contributed by atoms with Crippen LogP contribution in [0.4, 0.5) is 13.2 Å². The fourth-order valence-corrected chi connectivity index (χ4v) is 2.69. The van der Waals surface area contributed by atoms with Crippen LogP contribution in [0.5, 0.6) is 0 Å². The monoisotopic (exact) mass is 340 g/mol. The number of ether oxygens (including phenoxy) is 1. The third kappa shape index (κ3) is 3.28. The quantitative estimate of drug-likeness (QED) is 0.842. The van der Waals surface area contributed by atoms with Gasteiger partial charge in [-0.05, 0) is 18.6 Å². The molecule has 1 saturated heterocycles. The summed E-state index contributed by atoms with van der Waals surface area (Å²) in [6.45, 7) is 2.12. The van der Waals surface area contributed by atoms with Crippen LogP contribution in [0.2, 0.25) is 0 Å². The summed E-state index contributed by atoms with van der Waals surface area (Å²) in [7, 11) is 0. The average molecular weight is 340 g/mol. The van der Waals surface area contributed by atoms with Crippen molar-refractivity contribution in [2.45, 2.75) is 19.2 Å². The Hall–Kier alpha value is -2.35. The lowest BCUT2D eigenvalue weighted by Gasteiger charge is -2.33. The molecule has 2 heterocycles. The van der Waals surface area contributed by atoms with E-state index in [0.717, 1.165) is 6.07 Å². The average Bonchev–Trinajstić information content (AvgIpc) is 3.00. The summed E-state index contributed by atoms with van der Waals surface area (Å²) < 4.78 is 49.9. The summed E-state index contributed by atoms with van der Waals surface area (Å²) >= 11 is 0. The maximum Gasteiger partial charge on any atom is 0.416 e. The topological polar surface area (TPSA) is 55.6 Å². The smallest absolute Gasteiger partial charge is 0.370 e. The Kier molecular flexibility index (Phi) is 4.31. The van der Waals surface area contributed by atoms with E-state index in [1.165, 1.54) is 29.2 Å². The standard InChI is InChI=1S/C16H15F3N2O3/c1-10-8-13(20-24-10)15(22)21-6-7-23-14(9-21)11-4-2-3-5-12(11)16(17,18)19/h2-5,8,14H,6-7,9H2,1H3. The number of aryl methyl sites for hydroxylation is 1. The first-order chi connectivity index (χ1) is 11.4. The number of amides is 1. The minimum Gasteiger partial charge on any atom is -0.370 e. The molecule has 0 saturated carbocycles. The lowest BCUT2D eigenvalue weighted by atomic mass is 10.0. The predicted molar refractivity (Wildman–Crippen MR) is 77.3 cm³/mol. The summed E-state index contributed by atoms with van der Waals surface area (Å²) in [6, 6.07) is 6.74. The number of aromatic nitrogens is 1. The highest BCUT2D eigenvalue weighted by Gasteiger charge is 2.37. The molecule has 0 aliphatic carbocycles. The van der Waals surface area contributed by atoms with Crippen molar-refractivity contribution in [3.8, 4) is 0 Å². The van der Waals surface area contributed by atoms with Gasteiger partial charge >= 0.3 is 6.18 Å². The largest absolute Gasteiger partial charge is 0.416 e. The van der Waals surface area contributed by atoms with Gasteiger partial charge in [0.05, 0.1) is 18.7 Å². The number of halogens is 3. The highest BCUT2D eigenvalue weighted by molar-refractivity contribution is 5.92. The van der Waals surface area contributed by atoms with E-state index in [2.05, 4.69) is 5.16 Å². The van der Waals surface area contributed by atoms with Crippen molar-refractivity contribution in [2.75, 3.05) is 19.7 Å². The van der Waals surface area contributed by atoms with Crippen molar-refractivity contribution in [1.29, 1.82) is 0 Å². The number of hydrogen-bond acceptors (Lipinski definition) is 4. The molecular weight excluding hydrogens is 325 g/mol. The second kappa shape index (κ2) is 6.27. The van der Waals surface area contributed by atoms with Crippen molar-refractivity contribution in [3.63, 3.8) is 0 Å². The van der Waals surface area contributed by atoms with Crippen LogP contribution >= 0.6 is 0 Å². The second-order valence-corrected chi connectivity index (χ2v) is 5.52. The van der Waals surface area contributed by atoms with Gasteiger partial charge in [0.1, 0.15) is 11.9 Å². The maximum atomic E-state index is 13.2. The summed E-state index contributed by atoms with van der Waals surface area (Å²) in [4.78, 5) is 13.8. The number of benzene rings is 1. The maximum absolute atomic E-state index is 13.2. The van der Waals surface area contributed by atoms with E-state index in [-0.39, 0.29) is 36.9 Å². The molecule has 1 aromatic carbocycles. The zero-order chi connectivity index (χ0) is 17.3. The van der Waals surface area contributed by atoms with Crippen LogP contribution in [0.15, 0.2) is 34.9 Å². The third-order valence-electron chi connectivity index (χ3n) is 3.81. The van der Waals surface area contributed by atoms with Crippen LogP contribution < -0.4 is 0 Å². The number of carbonyl (C=O) groups excluding carboxylic acids is 1. The Morgan fingerprint density at radius 3 is 2.75 bits per heavy atom. The summed E-state index contributed by atoms with van der Waals surface area (Å²) in [5.41, 5.74) is -0.585. The molecule has 1 fully saturated rings. The van der Waals surface area contributed by atoms with Gasteiger partial charge in [0.15, 0.2) is 5.69 Å². The third-order valence-corrected chi connectivity index (χ3v) is 3.81. The molecule has 1 amide bonds. The van der Waals surface area contributed by atoms with Crippen LogP contribution in [-0.4, -0.2) is 35.7 Å².